The van der Waals surface area contributed by atoms with Crippen molar-refractivity contribution in [3.63, 3.8) is 0 Å². The van der Waals surface area contributed by atoms with E-state index in [4.69, 9.17) is 16.8 Å². The Morgan fingerprint density at radius 2 is 1.84 bits per heavy atom. The Hall–Kier alpha value is -2.99. The van der Waals surface area contributed by atoms with Crippen molar-refractivity contribution < 1.29 is 33.1 Å². The molecule has 0 radical (unpaired) electrons. The lowest BCUT2D eigenvalue weighted by molar-refractivity contribution is -0.148. The van der Waals surface area contributed by atoms with Gasteiger partial charge in [0.1, 0.15) is 6.54 Å². The lowest BCUT2D eigenvalue weighted by Crippen LogP contribution is -2.58. The van der Waals surface area contributed by atoms with Gasteiger partial charge < -0.3 is 10.0 Å². The number of carbonyl (C=O) groups is 3. The third kappa shape index (κ3) is 4.60. The Bertz CT molecular complexity index is 1170. The predicted octanol–water partition coefficient (Wildman–Crippen LogP) is 0.911. The molecule has 2 aromatic carbocycles. The maximum absolute atomic E-state index is 13.3. The molecular formula is C20H20ClN3O7S. The SMILES string of the molecule is CN1CC(=O)N(CC(O)(CS(=O)(=O)c2cc(Cl)ccc2-c2ccccc2)C(=O)NO)C1=O. The summed E-state index contributed by atoms with van der Waals surface area (Å²) in [6.07, 6.45) is 0. The van der Waals surface area contributed by atoms with Crippen molar-refractivity contribution in [2.24, 2.45) is 0 Å². The number of amides is 4. The molecule has 0 aromatic heterocycles. The molecule has 0 saturated carbocycles. The molecule has 1 aliphatic rings. The minimum absolute atomic E-state index is 0.102. The van der Waals surface area contributed by atoms with Crippen molar-refractivity contribution >= 4 is 39.3 Å². The van der Waals surface area contributed by atoms with Crippen molar-refractivity contribution in [2.45, 2.75) is 10.5 Å². The highest BCUT2D eigenvalue weighted by Gasteiger charge is 2.47. The van der Waals surface area contributed by atoms with Crippen LogP contribution in [-0.2, 0) is 19.4 Å². The van der Waals surface area contributed by atoms with Gasteiger partial charge in [0.25, 0.3) is 5.91 Å². The number of urea groups is 1. The van der Waals surface area contributed by atoms with Crippen LogP contribution in [-0.4, -0.2) is 77.9 Å². The van der Waals surface area contributed by atoms with E-state index in [0.29, 0.717) is 10.5 Å². The number of hydroxylamine groups is 1. The fraction of sp³-hybridized carbons (Fsp3) is 0.250. The molecule has 0 bridgehead atoms. The lowest BCUT2D eigenvalue weighted by Gasteiger charge is -2.29. The number of likely N-dealkylation sites (N-methyl/N-ethyl adjacent to an activating group) is 1. The topological polar surface area (TPSA) is 144 Å². The summed E-state index contributed by atoms with van der Waals surface area (Å²) < 4.78 is 26.7. The molecule has 4 amide bonds. The fourth-order valence-corrected chi connectivity index (χ4v) is 5.45. The first kappa shape index (κ1) is 23.7. The number of nitrogens with one attached hydrogen (secondary N) is 1. The van der Waals surface area contributed by atoms with Gasteiger partial charge in [-0.1, -0.05) is 48.0 Å². The maximum Gasteiger partial charge on any atom is 0.327 e. The van der Waals surface area contributed by atoms with Gasteiger partial charge in [0.15, 0.2) is 15.4 Å². The maximum atomic E-state index is 13.3. The Morgan fingerprint density at radius 3 is 2.41 bits per heavy atom. The summed E-state index contributed by atoms with van der Waals surface area (Å²) in [6.45, 7) is -1.27. The van der Waals surface area contributed by atoms with Gasteiger partial charge in [-0.2, -0.15) is 0 Å². The van der Waals surface area contributed by atoms with E-state index < -0.39 is 45.6 Å². The second-order valence-electron chi connectivity index (χ2n) is 7.36. The van der Waals surface area contributed by atoms with Gasteiger partial charge in [-0.05, 0) is 17.7 Å². The number of rotatable bonds is 7. The van der Waals surface area contributed by atoms with Crippen LogP contribution in [0.2, 0.25) is 5.02 Å². The molecule has 1 unspecified atom stereocenters. The van der Waals surface area contributed by atoms with E-state index in [1.807, 2.05) is 0 Å². The van der Waals surface area contributed by atoms with E-state index in [0.717, 1.165) is 4.90 Å². The summed E-state index contributed by atoms with van der Waals surface area (Å²) in [5.74, 6) is -3.45. The normalized spacial score (nSPS) is 16.2. The van der Waals surface area contributed by atoms with Crippen LogP contribution >= 0.6 is 11.6 Å². The third-order valence-electron chi connectivity index (χ3n) is 4.97. The predicted molar refractivity (Wildman–Crippen MR) is 114 cm³/mol. The Balaban J connectivity index is 2.04. The highest BCUT2D eigenvalue weighted by molar-refractivity contribution is 7.91. The van der Waals surface area contributed by atoms with Crippen LogP contribution in [0.1, 0.15) is 0 Å². The number of sulfone groups is 1. The number of hydrogen-bond acceptors (Lipinski definition) is 7. The molecule has 1 saturated heterocycles. The molecule has 32 heavy (non-hydrogen) atoms. The second kappa shape index (κ2) is 8.87. The van der Waals surface area contributed by atoms with Crippen molar-refractivity contribution in [1.82, 2.24) is 15.3 Å². The monoisotopic (exact) mass is 481 g/mol. The number of imide groups is 1. The molecule has 1 aliphatic heterocycles. The smallest absolute Gasteiger partial charge is 0.327 e. The Labute approximate surface area is 188 Å². The highest BCUT2D eigenvalue weighted by atomic mass is 35.5. The first-order valence-corrected chi connectivity index (χ1v) is 11.3. The van der Waals surface area contributed by atoms with Crippen molar-refractivity contribution in [1.29, 1.82) is 0 Å². The molecule has 2 aromatic rings. The molecule has 170 valence electrons. The number of hydrogen-bond donors (Lipinski definition) is 3. The fourth-order valence-electron chi connectivity index (χ4n) is 3.37. The molecule has 12 heteroatoms. The minimum atomic E-state index is -4.43. The number of halogens is 1. The van der Waals surface area contributed by atoms with Crippen LogP contribution < -0.4 is 5.48 Å². The van der Waals surface area contributed by atoms with Gasteiger partial charge in [-0.3, -0.25) is 19.7 Å². The van der Waals surface area contributed by atoms with E-state index in [9.17, 15) is 27.9 Å². The van der Waals surface area contributed by atoms with Crippen molar-refractivity contribution in [3.8, 4) is 11.1 Å². The quantitative estimate of drug-likeness (QED) is 0.303. The number of β-amino-alcohol motifs (C(OH)–C–C–N with tert-alkyl or cyclic N) is 1. The largest absolute Gasteiger partial charge is 0.377 e. The summed E-state index contributed by atoms with van der Waals surface area (Å²) in [4.78, 5) is 37.9. The van der Waals surface area contributed by atoms with Crippen LogP contribution in [0.5, 0.6) is 0 Å². The molecule has 3 N–H and O–H groups in total. The van der Waals surface area contributed by atoms with Crippen LogP contribution in [0, 0.1) is 0 Å². The van der Waals surface area contributed by atoms with Crippen LogP contribution in [0.25, 0.3) is 11.1 Å². The van der Waals surface area contributed by atoms with Crippen molar-refractivity contribution in [3.05, 3.63) is 53.6 Å². The third-order valence-corrected chi connectivity index (χ3v) is 7.07. The molecule has 0 spiro atoms. The first-order valence-electron chi connectivity index (χ1n) is 9.28. The standard InChI is InChI=1S/C20H20ClN3O7S/c1-23-10-17(25)24(19(23)27)11-20(28,18(26)22-29)12-32(30,31)16-9-14(21)7-8-15(16)13-5-3-2-4-6-13/h2-9,28-29H,10-12H2,1H3,(H,22,26). The van der Waals surface area contributed by atoms with Gasteiger partial charge >= 0.3 is 6.03 Å². The van der Waals surface area contributed by atoms with Crippen LogP contribution in [0.15, 0.2) is 53.4 Å². The summed E-state index contributed by atoms with van der Waals surface area (Å²) in [6, 6.07) is 11.8. The first-order chi connectivity index (χ1) is 15.0. The summed E-state index contributed by atoms with van der Waals surface area (Å²) in [7, 11) is -3.10. The number of nitrogens with zero attached hydrogens (tertiary/aromatic N) is 2. The highest BCUT2D eigenvalue weighted by Crippen LogP contribution is 2.32. The molecule has 1 heterocycles. The number of benzene rings is 2. The van der Waals surface area contributed by atoms with E-state index in [1.54, 1.807) is 30.3 Å². The average Bonchev–Trinajstić information content (AvgIpc) is 2.99. The Kier molecular flexibility index (Phi) is 6.56. The average molecular weight is 482 g/mol. The van der Waals surface area contributed by atoms with E-state index in [1.165, 1.54) is 30.7 Å². The van der Waals surface area contributed by atoms with Gasteiger partial charge in [-0.25, -0.2) is 18.7 Å². The lowest BCUT2D eigenvalue weighted by atomic mass is 10.1. The molecule has 0 aliphatic carbocycles. The molecule has 10 nitrogen and oxygen atoms in total. The van der Waals surface area contributed by atoms with Crippen LogP contribution in [0.3, 0.4) is 0 Å². The van der Waals surface area contributed by atoms with Crippen LogP contribution in [0.4, 0.5) is 4.79 Å². The van der Waals surface area contributed by atoms with Gasteiger partial charge in [0, 0.05) is 17.6 Å². The molecule has 1 fully saturated rings. The number of carbonyl (C=O) groups excluding carboxylic acids is 3. The zero-order chi connectivity index (χ0) is 23.7. The molecule has 3 rings (SSSR count). The van der Waals surface area contributed by atoms with Gasteiger partial charge in [0.05, 0.1) is 17.2 Å². The zero-order valence-corrected chi connectivity index (χ0v) is 18.4. The Morgan fingerprint density at radius 1 is 1.19 bits per heavy atom. The zero-order valence-electron chi connectivity index (χ0n) is 16.9. The molecular weight excluding hydrogens is 462 g/mol. The van der Waals surface area contributed by atoms with E-state index in [2.05, 4.69) is 0 Å². The van der Waals surface area contributed by atoms with Gasteiger partial charge in [-0.15, -0.1) is 0 Å². The summed E-state index contributed by atoms with van der Waals surface area (Å²) >= 11 is 6.01. The molecule has 1 atom stereocenters. The second-order valence-corrected chi connectivity index (χ2v) is 9.75. The minimum Gasteiger partial charge on any atom is -0.377 e. The summed E-state index contributed by atoms with van der Waals surface area (Å²) in [5, 5.41) is 20.1. The van der Waals surface area contributed by atoms with Gasteiger partial charge in [0.2, 0.25) is 5.91 Å². The van der Waals surface area contributed by atoms with E-state index in [-0.39, 0.29) is 22.0 Å². The van der Waals surface area contributed by atoms with Crippen molar-refractivity contribution in [2.75, 3.05) is 25.9 Å². The van der Waals surface area contributed by atoms with E-state index >= 15 is 0 Å². The summed E-state index contributed by atoms with van der Waals surface area (Å²) in [5.41, 5.74) is -0.804. The number of aliphatic hydroxyl groups is 1.